The summed E-state index contributed by atoms with van der Waals surface area (Å²) < 4.78 is 0. The van der Waals surface area contributed by atoms with E-state index in [0.717, 1.165) is 28.5 Å². The fourth-order valence-corrected chi connectivity index (χ4v) is 6.28. The number of nitrogens with zero attached hydrogens (tertiary/aromatic N) is 2. The van der Waals surface area contributed by atoms with Gasteiger partial charge in [0, 0.05) is 24.4 Å². The Labute approximate surface area is 169 Å². The molecular formula is C23H24N4O2. The number of nitrogens with one attached hydrogen (secondary N) is 2. The fraction of sp³-hybridized carbons (Fsp3) is 0.478. The molecule has 2 aromatic rings. The average molecular weight is 388 g/mol. The molecule has 6 nitrogen and oxygen atoms in total. The zero-order valence-corrected chi connectivity index (χ0v) is 16.3. The van der Waals surface area contributed by atoms with Gasteiger partial charge in [0.25, 0.3) is 0 Å². The van der Waals surface area contributed by atoms with Crippen LogP contribution in [0.4, 0.5) is 11.6 Å². The summed E-state index contributed by atoms with van der Waals surface area (Å²) in [5, 5.41) is 5.93. The van der Waals surface area contributed by atoms with E-state index in [4.69, 9.17) is 0 Å². The van der Waals surface area contributed by atoms with Crippen LogP contribution in [-0.2, 0) is 27.8 Å². The van der Waals surface area contributed by atoms with E-state index in [2.05, 4.69) is 20.6 Å². The third kappa shape index (κ3) is 2.61. The van der Waals surface area contributed by atoms with Gasteiger partial charge in [0.1, 0.15) is 11.6 Å². The molecule has 2 N–H and O–H groups in total. The summed E-state index contributed by atoms with van der Waals surface area (Å²) in [5.41, 5.74) is 2.52. The predicted octanol–water partition coefficient (Wildman–Crippen LogP) is 3.23. The summed E-state index contributed by atoms with van der Waals surface area (Å²) in [7, 11) is 0. The molecule has 2 amide bonds. The Morgan fingerprint density at radius 3 is 2.93 bits per heavy atom. The molecule has 2 bridgehead atoms. The lowest BCUT2D eigenvalue weighted by molar-refractivity contribution is -0.120. The minimum absolute atomic E-state index is 0.00396. The van der Waals surface area contributed by atoms with Crippen molar-refractivity contribution in [1.82, 2.24) is 9.97 Å². The molecule has 2 saturated carbocycles. The number of hydrogen-bond donors (Lipinski definition) is 2. The maximum absolute atomic E-state index is 12.8. The summed E-state index contributed by atoms with van der Waals surface area (Å²) in [6.45, 7) is 0. The Morgan fingerprint density at radius 1 is 1.21 bits per heavy atom. The number of anilines is 2. The highest BCUT2D eigenvalue weighted by Crippen LogP contribution is 2.50. The summed E-state index contributed by atoms with van der Waals surface area (Å²) >= 11 is 0. The Kier molecular flexibility index (Phi) is 3.61. The third-order valence-electron chi connectivity index (χ3n) is 7.66. The van der Waals surface area contributed by atoms with Crippen molar-refractivity contribution >= 4 is 23.5 Å². The molecule has 3 aliphatic carbocycles. The minimum atomic E-state index is -0.598. The zero-order chi connectivity index (χ0) is 19.6. The fourth-order valence-electron chi connectivity index (χ4n) is 6.28. The largest absolute Gasteiger partial charge is 0.311 e. The molecular weight excluding hydrogens is 364 g/mol. The minimum Gasteiger partial charge on any atom is -0.311 e. The van der Waals surface area contributed by atoms with Crippen LogP contribution in [0.15, 0.2) is 30.6 Å². The van der Waals surface area contributed by atoms with E-state index in [1.54, 1.807) is 6.20 Å². The van der Waals surface area contributed by atoms with Crippen molar-refractivity contribution in [2.24, 2.45) is 17.8 Å². The molecule has 2 fully saturated rings. The number of rotatable bonds is 3. The Morgan fingerprint density at radius 2 is 2.10 bits per heavy atom. The number of aromatic nitrogens is 2. The summed E-state index contributed by atoms with van der Waals surface area (Å²) in [6.07, 6.45) is 10.5. The molecule has 29 heavy (non-hydrogen) atoms. The van der Waals surface area contributed by atoms with Crippen LogP contribution in [0.25, 0.3) is 0 Å². The second-order valence-electron chi connectivity index (χ2n) is 9.31. The number of amides is 2. The highest BCUT2D eigenvalue weighted by atomic mass is 16.2. The van der Waals surface area contributed by atoms with Crippen LogP contribution in [0.3, 0.4) is 0 Å². The van der Waals surface area contributed by atoms with E-state index in [0.29, 0.717) is 36.8 Å². The van der Waals surface area contributed by atoms with Gasteiger partial charge in [-0.2, -0.15) is 0 Å². The molecule has 3 heterocycles. The van der Waals surface area contributed by atoms with Gasteiger partial charge in [0.05, 0.1) is 5.41 Å². The highest BCUT2D eigenvalue weighted by molar-refractivity contribution is 6.06. The van der Waals surface area contributed by atoms with Crippen LogP contribution >= 0.6 is 0 Å². The smallest absolute Gasteiger partial charge is 0.237 e. The van der Waals surface area contributed by atoms with E-state index < -0.39 is 5.41 Å². The average Bonchev–Trinajstić information content (AvgIpc) is 3.46. The lowest BCUT2D eigenvalue weighted by Gasteiger charge is -2.20. The molecule has 0 saturated heterocycles. The summed E-state index contributed by atoms with van der Waals surface area (Å²) in [4.78, 5) is 34.2. The first-order valence-electron chi connectivity index (χ1n) is 10.7. The maximum Gasteiger partial charge on any atom is 0.237 e. The van der Waals surface area contributed by atoms with E-state index >= 15 is 0 Å². The van der Waals surface area contributed by atoms with Crippen molar-refractivity contribution in [3.05, 3.63) is 47.3 Å². The Bertz CT molecular complexity index is 1040. The molecule has 0 radical (unpaired) electrons. The van der Waals surface area contributed by atoms with Gasteiger partial charge in [-0.1, -0.05) is 12.5 Å². The Balaban J connectivity index is 1.19. The number of carbonyl (C=O) groups is 2. The topological polar surface area (TPSA) is 84.0 Å². The molecule has 4 aliphatic rings. The lowest BCUT2D eigenvalue weighted by atomic mass is 9.79. The molecule has 1 aliphatic heterocycles. The third-order valence-corrected chi connectivity index (χ3v) is 7.66. The van der Waals surface area contributed by atoms with Crippen LogP contribution < -0.4 is 10.6 Å². The van der Waals surface area contributed by atoms with Gasteiger partial charge < -0.3 is 10.6 Å². The Hall–Kier alpha value is -2.76. The molecule has 4 unspecified atom stereocenters. The number of carbonyl (C=O) groups excluding carboxylic acids is 2. The summed E-state index contributed by atoms with van der Waals surface area (Å²) in [5.74, 6) is 3.46. The van der Waals surface area contributed by atoms with Gasteiger partial charge in [-0.25, -0.2) is 9.97 Å². The van der Waals surface area contributed by atoms with Crippen molar-refractivity contribution in [3.63, 3.8) is 0 Å². The van der Waals surface area contributed by atoms with Gasteiger partial charge in [-0.15, -0.1) is 0 Å². The van der Waals surface area contributed by atoms with Gasteiger partial charge in [-0.05, 0) is 73.1 Å². The van der Waals surface area contributed by atoms with Crippen molar-refractivity contribution in [2.45, 2.75) is 50.4 Å². The van der Waals surface area contributed by atoms with Gasteiger partial charge in [0.15, 0.2) is 0 Å². The molecule has 6 rings (SSSR count). The molecule has 2 aromatic heterocycles. The van der Waals surface area contributed by atoms with Crippen LogP contribution in [0, 0.1) is 17.8 Å². The van der Waals surface area contributed by atoms with Crippen LogP contribution in [-0.4, -0.2) is 21.8 Å². The van der Waals surface area contributed by atoms with E-state index in [9.17, 15) is 9.59 Å². The molecule has 1 spiro atoms. The van der Waals surface area contributed by atoms with Gasteiger partial charge in [0.2, 0.25) is 11.8 Å². The SMILES string of the molecule is O=C(CC1CC2CCC1C2)Nc1cc2c(cn1)CC1(C2)C(=O)Nc2ncccc21. The lowest BCUT2D eigenvalue weighted by Crippen LogP contribution is -2.35. The van der Waals surface area contributed by atoms with E-state index in [-0.39, 0.29) is 11.8 Å². The molecule has 0 aromatic carbocycles. The molecule has 6 heteroatoms. The normalized spacial score (nSPS) is 31.0. The predicted molar refractivity (Wildman–Crippen MR) is 108 cm³/mol. The number of pyridine rings is 2. The standard InChI is InChI=1S/C23H24N4O2/c28-20(9-15-7-13-3-4-14(15)6-13)26-19-8-16-10-23(11-17(16)12-25-19)18-2-1-5-24-21(18)27-22(23)29/h1-2,5,8,12-15H,3-4,6-7,9-11H2,(H,24,27,29)(H,25,26,28). The van der Waals surface area contributed by atoms with Crippen LogP contribution in [0.5, 0.6) is 0 Å². The van der Waals surface area contributed by atoms with Crippen molar-refractivity contribution in [3.8, 4) is 0 Å². The molecule has 148 valence electrons. The number of fused-ring (bicyclic) bond motifs is 5. The zero-order valence-electron chi connectivity index (χ0n) is 16.3. The maximum atomic E-state index is 12.8. The van der Waals surface area contributed by atoms with Crippen molar-refractivity contribution in [1.29, 1.82) is 0 Å². The van der Waals surface area contributed by atoms with E-state index in [1.165, 1.54) is 25.7 Å². The first kappa shape index (κ1) is 17.1. The van der Waals surface area contributed by atoms with Gasteiger partial charge in [-0.3, -0.25) is 9.59 Å². The van der Waals surface area contributed by atoms with Gasteiger partial charge >= 0.3 is 0 Å². The van der Waals surface area contributed by atoms with Crippen LogP contribution in [0.2, 0.25) is 0 Å². The second-order valence-corrected chi connectivity index (χ2v) is 9.31. The molecule has 4 atom stereocenters. The highest BCUT2D eigenvalue weighted by Gasteiger charge is 2.51. The summed E-state index contributed by atoms with van der Waals surface area (Å²) in [6, 6.07) is 5.81. The van der Waals surface area contributed by atoms with E-state index in [1.807, 2.05) is 24.4 Å². The monoisotopic (exact) mass is 388 g/mol. The van der Waals surface area contributed by atoms with Crippen molar-refractivity contribution < 1.29 is 9.59 Å². The van der Waals surface area contributed by atoms with Crippen molar-refractivity contribution in [2.75, 3.05) is 10.6 Å². The first-order chi connectivity index (χ1) is 14.1. The number of hydrogen-bond acceptors (Lipinski definition) is 4. The first-order valence-corrected chi connectivity index (χ1v) is 10.7. The second kappa shape index (κ2) is 6.12. The quantitative estimate of drug-likeness (QED) is 0.846. The van der Waals surface area contributed by atoms with Crippen LogP contribution in [0.1, 0.15) is 48.8 Å².